The number of ether oxygens (including phenoxy) is 1. The molecule has 0 spiro atoms. The second-order valence-electron chi connectivity index (χ2n) is 8.28. The van der Waals surface area contributed by atoms with E-state index in [4.69, 9.17) is 4.74 Å². The average molecular weight is 520 g/mol. The van der Waals surface area contributed by atoms with Crippen molar-refractivity contribution in [3.05, 3.63) is 70.5 Å². The molecule has 0 radical (unpaired) electrons. The van der Waals surface area contributed by atoms with Gasteiger partial charge in [0, 0.05) is 28.7 Å². The minimum absolute atomic E-state index is 0.0371. The van der Waals surface area contributed by atoms with E-state index in [2.05, 4.69) is 38.5 Å². The Kier molecular flexibility index (Phi) is 9.16. The van der Waals surface area contributed by atoms with E-state index in [0.29, 0.717) is 10.2 Å². The Labute approximate surface area is 200 Å². The Morgan fingerprint density at radius 1 is 1.03 bits per heavy atom. The molecule has 2 rings (SSSR count). The Morgan fingerprint density at radius 3 is 2.30 bits per heavy atom. The molecular formula is C24H27BrFN3O4. The molecule has 2 aromatic carbocycles. The Morgan fingerprint density at radius 2 is 1.70 bits per heavy atom. The summed E-state index contributed by atoms with van der Waals surface area (Å²) in [5.41, 5.74) is 1.04. The summed E-state index contributed by atoms with van der Waals surface area (Å²) >= 11 is 3.15. The van der Waals surface area contributed by atoms with Crippen LogP contribution in [0.15, 0.2) is 59.1 Å². The van der Waals surface area contributed by atoms with Crippen molar-refractivity contribution in [1.29, 1.82) is 0 Å². The minimum Gasteiger partial charge on any atom is -0.444 e. The van der Waals surface area contributed by atoms with Crippen molar-refractivity contribution in [3.63, 3.8) is 0 Å². The highest BCUT2D eigenvalue weighted by Gasteiger charge is 2.16. The zero-order valence-corrected chi connectivity index (χ0v) is 20.3. The van der Waals surface area contributed by atoms with Crippen LogP contribution in [-0.4, -0.2) is 23.5 Å². The van der Waals surface area contributed by atoms with E-state index in [0.717, 1.165) is 5.56 Å². The van der Waals surface area contributed by atoms with Gasteiger partial charge >= 0.3 is 6.09 Å². The molecule has 0 saturated carbocycles. The maximum absolute atomic E-state index is 13.8. The summed E-state index contributed by atoms with van der Waals surface area (Å²) in [5.74, 6) is -1.42. The lowest BCUT2D eigenvalue weighted by Crippen LogP contribution is -2.32. The van der Waals surface area contributed by atoms with E-state index >= 15 is 0 Å². The molecule has 0 bridgehead atoms. The monoisotopic (exact) mass is 519 g/mol. The maximum Gasteiger partial charge on any atom is 0.407 e. The van der Waals surface area contributed by atoms with Gasteiger partial charge in [0.05, 0.1) is 5.69 Å². The van der Waals surface area contributed by atoms with Gasteiger partial charge in [-0.05, 0) is 63.1 Å². The topological polar surface area (TPSA) is 96.5 Å². The lowest BCUT2D eigenvalue weighted by Gasteiger charge is -2.19. The van der Waals surface area contributed by atoms with Crippen molar-refractivity contribution < 1.29 is 23.5 Å². The van der Waals surface area contributed by atoms with Gasteiger partial charge in [-0.15, -0.1) is 0 Å². The normalized spacial score (nSPS) is 10.8. The first kappa shape index (κ1) is 26.1. The molecule has 0 heterocycles. The standard InChI is InChI=1S/C24H27BrFN3O4/c1-15(22(31)29-20-11-8-17(25)13-19(20)26)5-12-21(30)28-18-9-6-16(7-10-18)14-27-23(32)33-24(2,3)4/h6-11,13H,1,5,12,14H2,2-4H3,(H,27,32)(H,28,30)(H,29,31). The van der Waals surface area contributed by atoms with Gasteiger partial charge in [0.1, 0.15) is 11.4 Å². The largest absolute Gasteiger partial charge is 0.444 e. The molecular weight excluding hydrogens is 493 g/mol. The van der Waals surface area contributed by atoms with Crippen molar-refractivity contribution in [1.82, 2.24) is 5.32 Å². The summed E-state index contributed by atoms with van der Waals surface area (Å²) < 4.78 is 19.6. The summed E-state index contributed by atoms with van der Waals surface area (Å²) in [6.45, 7) is 9.32. The second-order valence-corrected chi connectivity index (χ2v) is 9.20. The van der Waals surface area contributed by atoms with E-state index in [1.54, 1.807) is 51.1 Å². The molecule has 2 aromatic rings. The number of hydrogen-bond donors (Lipinski definition) is 3. The zero-order valence-electron chi connectivity index (χ0n) is 18.8. The fourth-order valence-corrected chi connectivity index (χ4v) is 2.93. The van der Waals surface area contributed by atoms with Gasteiger partial charge in [0.25, 0.3) is 5.91 Å². The summed E-state index contributed by atoms with van der Waals surface area (Å²) in [6, 6.07) is 11.2. The molecule has 9 heteroatoms. The third-order valence-corrected chi connectivity index (χ3v) is 4.72. The fourth-order valence-electron chi connectivity index (χ4n) is 2.60. The lowest BCUT2D eigenvalue weighted by atomic mass is 10.1. The molecule has 0 atom stereocenters. The van der Waals surface area contributed by atoms with Crippen molar-refractivity contribution in [3.8, 4) is 0 Å². The number of carbonyl (C=O) groups is 3. The number of rotatable bonds is 8. The van der Waals surface area contributed by atoms with Crippen LogP contribution in [0.3, 0.4) is 0 Å². The summed E-state index contributed by atoms with van der Waals surface area (Å²) in [4.78, 5) is 36.1. The van der Waals surface area contributed by atoms with Gasteiger partial charge in [0.15, 0.2) is 0 Å². The van der Waals surface area contributed by atoms with Crippen LogP contribution < -0.4 is 16.0 Å². The van der Waals surface area contributed by atoms with E-state index in [1.807, 2.05) is 0 Å². The number of amides is 3. The Hall–Kier alpha value is -3.20. The smallest absolute Gasteiger partial charge is 0.407 e. The molecule has 7 nitrogen and oxygen atoms in total. The van der Waals surface area contributed by atoms with E-state index in [9.17, 15) is 18.8 Å². The molecule has 33 heavy (non-hydrogen) atoms. The average Bonchev–Trinajstić information content (AvgIpc) is 2.72. The molecule has 0 unspecified atom stereocenters. The molecule has 0 aliphatic carbocycles. The molecule has 0 aromatic heterocycles. The van der Waals surface area contributed by atoms with Crippen LogP contribution in [0.1, 0.15) is 39.2 Å². The number of halogens is 2. The van der Waals surface area contributed by atoms with E-state index in [1.165, 1.54) is 12.1 Å². The molecule has 0 aliphatic rings. The van der Waals surface area contributed by atoms with E-state index in [-0.39, 0.29) is 36.6 Å². The summed E-state index contributed by atoms with van der Waals surface area (Å²) in [6.07, 6.45) is -0.350. The first-order chi connectivity index (χ1) is 15.4. The van der Waals surface area contributed by atoms with Crippen LogP contribution in [0.5, 0.6) is 0 Å². The Balaban J connectivity index is 1.76. The van der Waals surface area contributed by atoms with Crippen LogP contribution in [-0.2, 0) is 20.9 Å². The minimum atomic E-state index is -0.576. The highest BCUT2D eigenvalue weighted by molar-refractivity contribution is 9.10. The SMILES string of the molecule is C=C(CCC(=O)Nc1ccc(CNC(=O)OC(C)(C)C)cc1)C(=O)Nc1ccc(Br)cc1F. The van der Waals surface area contributed by atoms with Crippen LogP contribution in [0.25, 0.3) is 0 Å². The first-order valence-corrected chi connectivity index (χ1v) is 11.0. The van der Waals surface area contributed by atoms with Crippen molar-refractivity contribution in [2.24, 2.45) is 0 Å². The number of carbonyl (C=O) groups excluding carboxylic acids is 3. The maximum atomic E-state index is 13.8. The van der Waals surface area contributed by atoms with Crippen molar-refractivity contribution in [2.75, 3.05) is 10.6 Å². The van der Waals surface area contributed by atoms with Crippen LogP contribution in [0, 0.1) is 5.82 Å². The molecule has 0 fully saturated rings. The molecule has 0 aliphatic heterocycles. The predicted octanol–water partition coefficient (Wildman–Crippen LogP) is 5.53. The molecule has 3 N–H and O–H groups in total. The van der Waals surface area contributed by atoms with E-state index < -0.39 is 23.4 Å². The first-order valence-electron chi connectivity index (χ1n) is 10.2. The second kappa shape index (κ2) is 11.6. The third-order valence-electron chi connectivity index (χ3n) is 4.23. The summed E-state index contributed by atoms with van der Waals surface area (Å²) in [7, 11) is 0. The molecule has 0 saturated heterocycles. The number of hydrogen-bond acceptors (Lipinski definition) is 4. The van der Waals surface area contributed by atoms with Gasteiger partial charge < -0.3 is 20.7 Å². The van der Waals surface area contributed by atoms with Crippen LogP contribution in [0.2, 0.25) is 0 Å². The highest BCUT2D eigenvalue weighted by atomic mass is 79.9. The Bertz CT molecular complexity index is 1030. The number of benzene rings is 2. The van der Waals surface area contributed by atoms with Crippen molar-refractivity contribution in [2.45, 2.75) is 45.8 Å². The van der Waals surface area contributed by atoms with Gasteiger partial charge in [-0.1, -0.05) is 34.6 Å². The third kappa shape index (κ3) is 9.44. The van der Waals surface area contributed by atoms with Gasteiger partial charge in [-0.25, -0.2) is 9.18 Å². The highest BCUT2D eigenvalue weighted by Crippen LogP contribution is 2.20. The predicted molar refractivity (Wildman–Crippen MR) is 129 cm³/mol. The lowest BCUT2D eigenvalue weighted by molar-refractivity contribution is -0.116. The molecule has 176 valence electrons. The van der Waals surface area contributed by atoms with Crippen molar-refractivity contribution >= 4 is 45.2 Å². The number of anilines is 2. The van der Waals surface area contributed by atoms with Crippen LogP contribution >= 0.6 is 15.9 Å². The van der Waals surface area contributed by atoms with Gasteiger partial charge in [-0.3, -0.25) is 9.59 Å². The van der Waals surface area contributed by atoms with Crippen LogP contribution in [0.4, 0.5) is 20.6 Å². The summed E-state index contributed by atoms with van der Waals surface area (Å²) in [5, 5.41) is 7.84. The quantitative estimate of drug-likeness (QED) is 0.399. The van der Waals surface area contributed by atoms with Gasteiger partial charge in [-0.2, -0.15) is 0 Å². The van der Waals surface area contributed by atoms with Gasteiger partial charge in [0.2, 0.25) is 5.91 Å². The zero-order chi connectivity index (χ0) is 24.6. The molecule has 3 amide bonds. The fraction of sp³-hybridized carbons (Fsp3) is 0.292. The number of nitrogens with one attached hydrogen (secondary N) is 3. The number of alkyl carbamates (subject to hydrolysis) is 1.